The predicted octanol–water partition coefficient (Wildman–Crippen LogP) is 0.799. The van der Waals surface area contributed by atoms with Crippen molar-refractivity contribution in [3.05, 3.63) is 22.7 Å². The molecule has 0 aliphatic carbocycles. The molecule has 0 saturated heterocycles. The van der Waals surface area contributed by atoms with Crippen LogP contribution in [0, 0.1) is 0 Å². The van der Waals surface area contributed by atoms with Crippen LogP contribution in [0.5, 0.6) is 0 Å². The third kappa shape index (κ3) is 4.87. The first-order chi connectivity index (χ1) is 9.24. The molecule has 0 saturated carbocycles. The number of ether oxygens (including phenoxy) is 1. The average molecular weight is 322 g/mol. The van der Waals surface area contributed by atoms with Crippen LogP contribution >= 0.6 is 11.6 Å². The summed E-state index contributed by atoms with van der Waals surface area (Å²) in [6.07, 6.45) is 0.278. The van der Waals surface area contributed by atoms with Crippen molar-refractivity contribution in [3.63, 3.8) is 0 Å². The van der Waals surface area contributed by atoms with Crippen LogP contribution in [0.15, 0.2) is 12.1 Å². The Hall–Kier alpha value is -1.51. The minimum atomic E-state index is -3.51. The van der Waals surface area contributed by atoms with Crippen molar-refractivity contribution >= 4 is 39.0 Å². The quantitative estimate of drug-likeness (QED) is 0.404. The van der Waals surface area contributed by atoms with Gasteiger partial charge in [-0.05, 0) is 18.6 Å². The second kappa shape index (κ2) is 6.78. The van der Waals surface area contributed by atoms with E-state index in [1.807, 2.05) is 0 Å². The van der Waals surface area contributed by atoms with Gasteiger partial charge in [-0.2, -0.15) is 0 Å². The number of hydrogen-bond acceptors (Lipinski definition) is 6. The van der Waals surface area contributed by atoms with E-state index in [1.54, 1.807) is 0 Å². The number of halogens is 1. The summed E-state index contributed by atoms with van der Waals surface area (Å²) in [6, 6.07) is 2.91. The summed E-state index contributed by atoms with van der Waals surface area (Å²) in [5.41, 5.74) is 6.48. The van der Waals surface area contributed by atoms with E-state index >= 15 is 0 Å². The lowest BCUT2D eigenvalue weighted by Gasteiger charge is -2.13. The van der Waals surface area contributed by atoms with Crippen LogP contribution in [0.25, 0.3) is 0 Å². The van der Waals surface area contributed by atoms with Crippen LogP contribution in [0.3, 0.4) is 0 Å². The van der Waals surface area contributed by atoms with Crippen molar-refractivity contribution in [2.75, 3.05) is 30.5 Å². The van der Waals surface area contributed by atoms with Crippen molar-refractivity contribution in [2.45, 2.75) is 6.42 Å². The van der Waals surface area contributed by atoms with Gasteiger partial charge in [0.2, 0.25) is 10.0 Å². The Bertz CT molecular complexity index is 604. The molecule has 112 valence electrons. The zero-order valence-corrected chi connectivity index (χ0v) is 12.4. The van der Waals surface area contributed by atoms with E-state index in [0.717, 1.165) is 0 Å². The van der Waals surface area contributed by atoms with Crippen LogP contribution in [0.2, 0.25) is 5.02 Å². The van der Waals surface area contributed by atoms with Crippen LogP contribution in [0.1, 0.15) is 16.8 Å². The van der Waals surface area contributed by atoms with Gasteiger partial charge in [0.15, 0.2) is 0 Å². The molecule has 0 spiro atoms. The van der Waals surface area contributed by atoms with E-state index < -0.39 is 16.0 Å². The van der Waals surface area contributed by atoms with Gasteiger partial charge < -0.3 is 15.8 Å². The fourth-order valence-corrected chi connectivity index (χ4v) is 2.41. The average Bonchev–Trinajstić information content (AvgIpc) is 2.33. The lowest BCUT2D eigenvalue weighted by Crippen LogP contribution is -2.19. The zero-order chi connectivity index (χ0) is 15.3. The monoisotopic (exact) mass is 321 g/mol. The number of esters is 1. The molecule has 0 heterocycles. The molecule has 0 aromatic heterocycles. The standard InChI is InChI=1S/C11H16ClN3O4S/c1-19-11(16)8-5-7(13)6-9(12)10(8)15-3-2-4-20(14,17)18/h5-6,15H,2-4,13H2,1H3,(H2,14,17,18). The van der Waals surface area contributed by atoms with E-state index in [4.69, 9.17) is 22.5 Å². The van der Waals surface area contributed by atoms with E-state index in [2.05, 4.69) is 10.1 Å². The SMILES string of the molecule is COC(=O)c1cc(N)cc(Cl)c1NCCCS(N)(=O)=O. The Morgan fingerprint density at radius 3 is 2.65 bits per heavy atom. The number of carbonyl (C=O) groups excluding carboxylic acids is 1. The summed E-state index contributed by atoms with van der Waals surface area (Å²) in [5.74, 6) is -0.756. The fourth-order valence-electron chi connectivity index (χ4n) is 1.56. The van der Waals surface area contributed by atoms with Gasteiger partial charge in [-0.25, -0.2) is 18.4 Å². The van der Waals surface area contributed by atoms with Gasteiger partial charge in [0.05, 0.1) is 29.1 Å². The molecule has 0 aliphatic rings. The molecule has 7 nitrogen and oxygen atoms in total. The molecule has 1 rings (SSSR count). The van der Waals surface area contributed by atoms with Gasteiger partial charge in [0.1, 0.15) is 0 Å². The number of carbonyl (C=O) groups is 1. The fraction of sp³-hybridized carbons (Fsp3) is 0.364. The van der Waals surface area contributed by atoms with Gasteiger partial charge in [-0.1, -0.05) is 11.6 Å². The lowest BCUT2D eigenvalue weighted by molar-refractivity contribution is 0.0602. The number of sulfonamides is 1. The minimum absolute atomic E-state index is 0.167. The third-order valence-electron chi connectivity index (χ3n) is 2.43. The summed E-state index contributed by atoms with van der Waals surface area (Å²) >= 11 is 6.01. The van der Waals surface area contributed by atoms with E-state index in [0.29, 0.717) is 11.4 Å². The highest BCUT2D eigenvalue weighted by atomic mass is 35.5. The van der Waals surface area contributed by atoms with Crippen LogP contribution in [-0.2, 0) is 14.8 Å². The number of rotatable bonds is 6. The number of nitrogen functional groups attached to an aromatic ring is 1. The number of nitrogens with two attached hydrogens (primary N) is 2. The van der Waals surface area contributed by atoms with Crippen LogP contribution in [0.4, 0.5) is 11.4 Å². The Balaban J connectivity index is 2.85. The van der Waals surface area contributed by atoms with Gasteiger partial charge in [0, 0.05) is 12.2 Å². The molecule has 9 heteroatoms. The molecule has 0 bridgehead atoms. The molecule has 0 radical (unpaired) electrons. The van der Waals surface area contributed by atoms with Crippen molar-refractivity contribution in [1.29, 1.82) is 0 Å². The van der Waals surface area contributed by atoms with Crippen molar-refractivity contribution < 1.29 is 17.9 Å². The molecule has 0 atom stereocenters. The molecule has 0 amide bonds. The highest BCUT2D eigenvalue weighted by Gasteiger charge is 2.16. The van der Waals surface area contributed by atoms with E-state index in [1.165, 1.54) is 19.2 Å². The molecular weight excluding hydrogens is 306 g/mol. The second-order valence-electron chi connectivity index (χ2n) is 4.06. The number of primary sulfonamides is 1. The summed E-state index contributed by atoms with van der Waals surface area (Å²) in [6.45, 7) is 0.282. The van der Waals surface area contributed by atoms with Crippen molar-refractivity contribution in [2.24, 2.45) is 5.14 Å². The minimum Gasteiger partial charge on any atom is -0.465 e. The summed E-state index contributed by atoms with van der Waals surface area (Å²) in [5, 5.41) is 8.03. The maximum absolute atomic E-state index is 11.6. The molecular formula is C11H16ClN3O4S. The number of methoxy groups -OCH3 is 1. The van der Waals surface area contributed by atoms with E-state index in [9.17, 15) is 13.2 Å². The normalized spacial score (nSPS) is 11.2. The summed E-state index contributed by atoms with van der Waals surface area (Å²) in [4.78, 5) is 11.6. The third-order valence-corrected chi connectivity index (χ3v) is 3.58. The first-order valence-electron chi connectivity index (χ1n) is 5.66. The zero-order valence-electron chi connectivity index (χ0n) is 10.8. The second-order valence-corrected chi connectivity index (χ2v) is 6.21. The number of benzene rings is 1. The molecule has 1 aromatic rings. The van der Waals surface area contributed by atoms with Gasteiger partial charge in [-0.3, -0.25) is 0 Å². The Labute approximate surface area is 122 Å². The van der Waals surface area contributed by atoms with Gasteiger partial charge >= 0.3 is 5.97 Å². The molecule has 5 N–H and O–H groups in total. The molecule has 0 fully saturated rings. The highest BCUT2D eigenvalue weighted by molar-refractivity contribution is 7.89. The number of hydrogen-bond donors (Lipinski definition) is 3. The Morgan fingerprint density at radius 1 is 1.45 bits per heavy atom. The maximum Gasteiger partial charge on any atom is 0.340 e. The Kier molecular flexibility index (Phi) is 5.61. The molecule has 1 aromatic carbocycles. The first kappa shape index (κ1) is 16.5. The topological polar surface area (TPSA) is 125 Å². The maximum atomic E-state index is 11.6. The van der Waals surface area contributed by atoms with Crippen LogP contribution < -0.4 is 16.2 Å². The number of anilines is 2. The molecule has 0 unspecified atom stereocenters. The Morgan fingerprint density at radius 2 is 2.10 bits per heavy atom. The largest absolute Gasteiger partial charge is 0.465 e. The first-order valence-corrected chi connectivity index (χ1v) is 7.75. The molecule has 0 aliphatic heterocycles. The summed E-state index contributed by atoms with van der Waals surface area (Å²) < 4.78 is 26.3. The van der Waals surface area contributed by atoms with Gasteiger partial charge in [-0.15, -0.1) is 0 Å². The predicted molar refractivity (Wildman–Crippen MR) is 78.3 cm³/mol. The van der Waals surface area contributed by atoms with Crippen molar-refractivity contribution in [1.82, 2.24) is 0 Å². The lowest BCUT2D eigenvalue weighted by atomic mass is 10.1. The number of nitrogens with one attached hydrogen (secondary N) is 1. The molecule has 20 heavy (non-hydrogen) atoms. The summed E-state index contributed by atoms with van der Waals surface area (Å²) in [7, 11) is -2.27. The van der Waals surface area contributed by atoms with E-state index in [-0.39, 0.29) is 29.3 Å². The van der Waals surface area contributed by atoms with Crippen molar-refractivity contribution in [3.8, 4) is 0 Å². The smallest absolute Gasteiger partial charge is 0.340 e. The van der Waals surface area contributed by atoms with Crippen LogP contribution in [-0.4, -0.2) is 33.8 Å². The van der Waals surface area contributed by atoms with Gasteiger partial charge in [0.25, 0.3) is 0 Å². The highest BCUT2D eigenvalue weighted by Crippen LogP contribution is 2.29.